The number of rotatable bonds is 6. The third-order valence-corrected chi connectivity index (χ3v) is 4.01. The van der Waals surface area contributed by atoms with Crippen LogP contribution in [-0.4, -0.2) is 11.0 Å². The van der Waals surface area contributed by atoms with Crippen LogP contribution in [0.3, 0.4) is 0 Å². The lowest BCUT2D eigenvalue weighted by Gasteiger charge is -2.09. The summed E-state index contributed by atoms with van der Waals surface area (Å²) in [5.41, 5.74) is 9.56. The molecule has 3 heteroatoms. The third kappa shape index (κ3) is 3.15. The number of aromatic nitrogens is 1. The highest BCUT2D eigenvalue weighted by Gasteiger charge is 2.10. The molecule has 0 aliphatic heterocycles. The van der Waals surface area contributed by atoms with Crippen molar-refractivity contribution in [3.05, 3.63) is 65.9 Å². The Bertz CT molecular complexity index is 734. The van der Waals surface area contributed by atoms with Gasteiger partial charge in [-0.2, -0.15) is 0 Å². The van der Waals surface area contributed by atoms with Crippen molar-refractivity contribution in [3.63, 3.8) is 0 Å². The van der Waals surface area contributed by atoms with Crippen LogP contribution in [0, 0.1) is 0 Å². The first kappa shape index (κ1) is 14.7. The minimum atomic E-state index is 0.202. The molecule has 0 aliphatic rings. The lowest BCUT2D eigenvalue weighted by molar-refractivity contribution is 0.309. The normalized spacial score (nSPS) is 12.5. The molecule has 0 aliphatic carbocycles. The zero-order chi connectivity index (χ0) is 15.4. The van der Waals surface area contributed by atoms with Gasteiger partial charge >= 0.3 is 0 Å². The number of nitrogens with one attached hydrogen (secondary N) is 1. The second kappa shape index (κ2) is 6.67. The van der Waals surface area contributed by atoms with E-state index in [0.29, 0.717) is 6.61 Å². The van der Waals surface area contributed by atoms with E-state index in [1.54, 1.807) is 0 Å². The van der Waals surface area contributed by atoms with Crippen molar-refractivity contribution in [1.82, 2.24) is 4.98 Å². The predicted octanol–water partition coefficient (Wildman–Crippen LogP) is 4.03. The fourth-order valence-electron chi connectivity index (χ4n) is 2.64. The third-order valence-electron chi connectivity index (χ3n) is 4.01. The molecule has 1 atom stereocenters. The molecule has 0 saturated carbocycles. The van der Waals surface area contributed by atoms with Gasteiger partial charge in [0.25, 0.3) is 0 Å². The first-order chi connectivity index (χ1) is 10.8. The Morgan fingerprint density at radius 2 is 1.91 bits per heavy atom. The lowest BCUT2D eigenvalue weighted by Crippen LogP contribution is -2.21. The number of ether oxygens (including phenoxy) is 1. The summed E-state index contributed by atoms with van der Waals surface area (Å²) >= 11 is 0. The molecule has 1 heterocycles. The summed E-state index contributed by atoms with van der Waals surface area (Å²) in [6.45, 7) is 2.69. The highest BCUT2D eigenvalue weighted by molar-refractivity contribution is 5.88. The van der Waals surface area contributed by atoms with Crippen LogP contribution in [0.5, 0.6) is 5.75 Å². The minimum absolute atomic E-state index is 0.202. The molecule has 0 bridgehead atoms. The zero-order valence-electron chi connectivity index (χ0n) is 12.9. The summed E-state index contributed by atoms with van der Waals surface area (Å²) in [6, 6.07) is 16.6. The van der Waals surface area contributed by atoms with E-state index in [1.165, 1.54) is 16.5 Å². The van der Waals surface area contributed by atoms with Crippen LogP contribution >= 0.6 is 0 Å². The maximum Gasteiger partial charge on any atom is 0.143 e. The van der Waals surface area contributed by atoms with Crippen LogP contribution in [0.25, 0.3) is 10.9 Å². The molecular formula is C19H22N2O. The molecule has 3 N–H and O–H groups in total. The van der Waals surface area contributed by atoms with Gasteiger partial charge in [0.1, 0.15) is 12.4 Å². The first-order valence-electron chi connectivity index (χ1n) is 7.79. The fraction of sp³-hybridized carbons (Fsp3) is 0.263. The Morgan fingerprint density at radius 3 is 2.68 bits per heavy atom. The van der Waals surface area contributed by atoms with E-state index in [9.17, 15) is 0 Å². The van der Waals surface area contributed by atoms with Crippen molar-refractivity contribution >= 4 is 10.9 Å². The van der Waals surface area contributed by atoms with E-state index in [-0.39, 0.29) is 6.04 Å². The van der Waals surface area contributed by atoms with Crippen molar-refractivity contribution < 1.29 is 4.74 Å². The van der Waals surface area contributed by atoms with Crippen LogP contribution in [0.1, 0.15) is 24.5 Å². The van der Waals surface area contributed by atoms with Crippen molar-refractivity contribution in [2.75, 3.05) is 0 Å². The van der Waals surface area contributed by atoms with Gasteiger partial charge < -0.3 is 15.5 Å². The highest BCUT2D eigenvalue weighted by atomic mass is 16.5. The summed E-state index contributed by atoms with van der Waals surface area (Å²) in [7, 11) is 0. The predicted molar refractivity (Wildman–Crippen MR) is 91.0 cm³/mol. The Balaban J connectivity index is 1.82. The maximum absolute atomic E-state index is 6.08. The van der Waals surface area contributed by atoms with Crippen LogP contribution in [0.2, 0.25) is 0 Å². The van der Waals surface area contributed by atoms with Gasteiger partial charge in [-0.25, -0.2) is 0 Å². The average Bonchev–Trinajstić information content (AvgIpc) is 2.97. The summed E-state index contributed by atoms with van der Waals surface area (Å²) in [4.78, 5) is 3.34. The molecule has 3 nitrogen and oxygen atoms in total. The SMILES string of the molecule is CCC(N)Cc1c[nH]c2c(OCc3ccccc3)cccc12. The van der Waals surface area contributed by atoms with Crippen molar-refractivity contribution in [2.45, 2.75) is 32.4 Å². The molecule has 1 aromatic heterocycles. The van der Waals surface area contributed by atoms with E-state index < -0.39 is 0 Å². The molecule has 0 fully saturated rings. The quantitative estimate of drug-likeness (QED) is 0.721. The molecule has 0 amide bonds. The van der Waals surface area contributed by atoms with Gasteiger partial charge in [-0.1, -0.05) is 49.4 Å². The van der Waals surface area contributed by atoms with Crippen LogP contribution in [0.4, 0.5) is 0 Å². The van der Waals surface area contributed by atoms with Gasteiger partial charge in [0.05, 0.1) is 5.52 Å². The number of fused-ring (bicyclic) bond motifs is 1. The molecule has 1 unspecified atom stereocenters. The summed E-state index contributed by atoms with van der Waals surface area (Å²) in [6.07, 6.45) is 3.92. The lowest BCUT2D eigenvalue weighted by atomic mass is 10.0. The number of hydrogen-bond donors (Lipinski definition) is 2. The molecule has 0 saturated heterocycles. The smallest absolute Gasteiger partial charge is 0.143 e. The monoisotopic (exact) mass is 294 g/mol. The Morgan fingerprint density at radius 1 is 1.09 bits per heavy atom. The molecule has 22 heavy (non-hydrogen) atoms. The standard InChI is InChI=1S/C19H22N2O/c1-2-16(20)11-15-12-21-19-17(15)9-6-10-18(19)22-13-14-7-4-3-5-8-14/h3-10,12,16,21H,2,11,13,20H2,1H3. The van der Waals surface area contributed by atoms with Gasteiger partial charge in [0.2, 0.25) is 0 Å². The van der Waals surface area contributed by atoms with Crippen molar-refractivity contribution in [1.29, 1.82) is 0 Å². The maximum atomic E-state index is 6.08. The second-order valence-electron chi connectivity index (χ2n) is 5.64. The van der Waals surface area contributed by atoms with E-state index in [4.69, 9.17) is 10.5 Å². The average molecular weight is 294 g/mol. The van der Waals surface area contributed by atoms with Crippen molar-refractivity contribution in [3.8, 4) is 5.75 Å². The zero-order valence-corrected chi connectivity index (χ0v) is 12.9. The van der Waals surface area contributed by atoms with Crippen LogP contribution in [0.15, 0.2) is 54.7 Å². The highest BCUT2D eigenvalue weighted by Crippen LogP contribution is 2.28. The van der Waals surface area contributed by atoms with Gasteiger partial charge in [0.15, 0.2) is 0 Å². The summed E-state index contributed by atoms with van der Waals surface area (Å²) in [5, 5.41) is 1.20. The number of aromatic amines is 1. The van der Waals surface area contributed by atoms with Gasteiger partial charge in [-0.15, -0.1) is 0 Å². The molecular weight excluding hydrogens is 272 g/mol. The molecule has 2 aromatic carbocycles. The van der Waals surface area contributed by atoms with E-state index in [2.05, 4.69) is 36.3 Å². The van der Waals surface area contributed by atoms with Crippen LogP contribution < -0.4 is 10.5 Å². The van der Waals surface area contributed by atoms with E-state index in [0.717, 1.165) is 24.1 Å². The van der Waals surface area contributed by atoms with E-state index >= 15 is 0 Å². The topological polar surface area (TPSA) is 51.0 Å². The van der Waals surface area contributed by atoms with Gasteiger partial charge in [-0.3, -0.25) is 0 Å². The van der Waals surface area contributed by atoms with Crippen LogP contribution in [-0.2, 0) is 13.0 Å². The number of nitrogens with two attached hydrogens (primary N) is 1. The number of benzene rings is 2. The van der Waals surface area contributed by atoms with E-state index in [1.807, 2.05) is 30.3 Å². The molecule has 0 radical (unpaired) electrons. The van der Waals surface area contributed by atoms with Gasteiger partial charge in [0, 0.05) is 17.6 Å². The number of hydrogen-bond acceptors (Lipinski definition) is 2. The fourth-order valence-corrected chi connectivity index (χ4v) is 2.64. The molecule has 3 rings (SSSR count). The Kier molecular flexibility index (Phi) is 4.45. The van der Waals surface area contributed by atoms with Gasteiger partial charge in [-0.05, 0) is 30.0 Å². The number of para-hydroxylation sites is 1. The Labute approximate surface area is 131 Å². The summed E-state index contributed by atoms with van der Waals surface area (Å²) < 4.78 is 5.99. The number of H-pyrrole nitrogens is 1. The Hall–Kier alpha value is -2.26. The largest absolute Gasteiger partial charge is 0.487 e. The second-order valence-corrected chi connectivity index (χ2v) is 5.64. The summed E-state index contributed by atoms with van der Waals surface area (Å²) in [5.74, 6) is 0.887. The molecule has 0 spiro atoms. The minimum Gasteiger partial charge on any atom is -0.487 e. The van der Waals surface area contributed by atoms with Crippen molar-refractivity contribution in [2.24, 2.45) is 5.73 Å². The molecule has 114 valence electrons. The molecule has 3 aromatic rings. The first-order valence-corrected chi connectivity index (χ1v) is 7.79.